The molecule has 1 aliphatic carbocycles. The number of aliphatic hydroxyl groups is 2. The molecule has 2 N–H and O–H groups in total. The van der Waals surface area contributed by atoms with E-state index in [1.165, 1.54) is 0 Å². The zero-order valence-electron chi connectivity index (χ0n) is 8.80. The van der Waals surface area contributed by atoms with Gasteiger partial charge < -0.3 is 10.2 Å². The summed E-state index contributed by atoms with van der Waals surface area (Å²) in [6.45, 7) is 0. The first-order valence-electron chi connectivity index (χ1n) is 5.49. The molecule has 16 heavy (non-hydrogen) atoms. The Morgan fingerprint density at radius 1 is 1.19 bits per heavy atom. The molecule has 0 bridgehead atoms. The lowest BCUT2D eigenvalue weighted by Gasteiger charge is -2.24. The highest BCUT2D eigenvalue weighted by molar-refractivity contribution is 5.79. The van der Waals surface area contributed by atoms with E-state index >= 15 is 0 Å². The van der Waals surface area contributed by atoms with E-state index in [1.54, 1.807) is 0 Å². The smallest absolute Gasteiger partial charge is 0.0832 e. The third-order valence-electron chi connectivity index (χ3n) is 3.12. The monoisotopic (exact) mass is 215 g/mol. The van der Waals surface area contributed by atoms with Crippen molar-refractivity contribution in [1.29, 1.82) is 0 Å². The van der Waals surface area contributed by atoms with Crippen molar-refractivity contribution in [1.82, 2.24) is 4.98 Å². The van der Waals surface area contributed by atoms with Gasteiger partial charge in [0.2, 0.25) is 0 Å². The summed E-state index contributed by atoms with van der Waals surface area (Å²) in [6.07, 6.45) is -0.114. The van der Waals surface area contributed by atoms with Crippen LogP contribution >= 0.6 is 0 Å². The minimum atomic E-state index is -0.587. The molecule has 2 aromatic rings. The molecule has 3 heteroatoms. The number of aliphatic hydroxyl groups excluding tert-OH is 2. The molecule has 0 radical (unpaired) electrons. The van der Waals surface area contributed by atoms with E-state index in [2.05, 4.69) is 4.98 Å². The molecule has 0 amide bonds. The molecular formula is C13H13NO2. The highest BCUT2D eigenvalue weighted by Crippen LogP contribution is 2.30. The minimum absolute atomic E-state index is 0.410. The highest BCUT2D eigenvalue weighted by atomic mass is 16.3. The van der Waals surface area contributed by atoms with E-state index < -0.39 is 12.2 Å². The van der Waals surface area contributed by atoms with Crippen LogP contribution in [0.15, 0.2) is 30.3 Å². The van der Waals surface area contributed by atoms with E-state index in [4.69, 9.17) is 0 Å². The summed E-state index contributed by atoms with van der Waals surface area (Å²) in [6, 6.07) is 9.81. The Bertz CT molecular complexity index is 538. The van der Waals surface area contributed by atoms with Gasteiger partial charge in [-0.15, -0.1) is 0 Å². The van der Waals surface area contributed by atoms with E-state index in [-0.39, 0.29) is 0 Å². The number of aromatic nitrogens is 1. The Morgan fingerprint density at radius 2 is 2.00 bits per heavy atom. The van der Waals surface area contributed by atoms with Crippen LogP contribution < -0.4 is 0 Å². The Balaban J connectivity index is 2.22. The van der Waals surface area contributed by atoms with Gasteiger partial charge in [0, 0.05) is 29.5 Å². The van der Waals surface area contributed by atoms with Crippen molar-refractivity contribution in [3.05, 3.63) is 41.6 Å². The lowest BCUT2D eigenvalue weighted by Crippen LogP contribution is -2.23. The van der Waals surface area contributed by atoms with Crippen LogP contribution in [0.25, 0.3) is 10.9 Å². The van der Waals surface area contributed by atoms with Gasteiger partial charge in [0.05, 0.1) is 17.7 Å². The third-order valence-corrected chi connectivity index (χ3v) is 3.12. The fourth-order valence-electron chi connectivity index (χ4n) is 2.32. The standard InChI is InChI=1S/C13H13NO2/c15-9-6-12-10(13(16)7-9)5-8-3-1-2-4-11(8)14-12/h1-5,9,13,15-16H,6-7H2. The quantitative estimate of drug-likeness (QED) is 0.701. The van der Waals surface area contributed by atoms with Crippen molar-refractivity contribution in [3.8, 4) is 0 Å². The van der Waals surface area contributed by atoms with Crippen LogP contribution in [0.4, 0.5) is 0 Å². The van der Waals surface area contributed by atoms with Crippen LogP contribution in [0.5, 0.6) is 0 Å². The Hall–Kier alpha value is -1.45. The number of benzene rings is 1. The van der Waals surface area contributed by atoms with Crippen molar-refractivity contribution in [2.45, 2.75) is 25.0 Å². The second kappa shape index (κ2) is 3.54. The summed E-state index contributed by atoms with van der Waals surface area (Å²) in [5, 5.41) is 20.5. The van der Waals surface area contributed by atoms with Gasteiger partial charge in [-0.05, 0) is 12.1 Å². The van der Waals surface area contributed by atoms with Gasteiger partial charge in [0.25, 0.3) is 0 Å². The Labute approximate surface area is 93.4 Å². The maximum absolute atomic E-state index is 9.89. The van der Waals surface area contributed by atoms with E-state index in [9.17, 15) is 10.2 Å². The van der Waals surface area contributed by atoms with Crippen molar-refractivity contribution in [3.63, 3.8) is 0 Å². The van der Waals surface area contributed by atoms with Crippen molar-refractivity contribution < 1.29 is 10.2 Å². The highest BCUT2D eigenvalue weighted by Gasteiger charge is 2.25. The molecule has 0 saturated carbocycles. The molecule has 1 aromatic heterocycles. The molecule has 0 fully saturated rings. The number of hydrogen-bond donors (Lipinski definition) is 2. The average molecular weight is 215 g/mol. The normalized spacial score (nSPS) is 24.4. The lowest BCUT2D eigenvalue weighted by molar-refractivity contribution is 0.0671. The minimum Gasteiger partial charge on any atom is -0.393 e. The van der Waals surface area contributed by atoms with Gasteiger partial charge in [-0.1, -0.05) is 18.2 Å². The van der Waals surface area contributed by atoms with Crippen LogP contribution in [0, 0.1) is 0 Å². The molecule has 3 rings (SSSR count). The zero-order chi connectivity index (χ0) is 11.1. The summed E-state index contributed by atoms with van der Waals surface area (Å²) in [5.74, 6) is 0. The van der Waals surface area contributed by atoms with Gasteiger partial charge in [0.1, 0.15) is 0 Å². The summed E-state index contributed by atoms with van der Waals surface area (Å²) in [5.41, 5.74) is 2.61. The SMILES string of the molecule is OC1Cc2nc3ccccc3cc2C(O)C1. The van der Waals surface area contributed by atoms with Gasteiger partial charge in [0.15, 0.2) is 0 Å². The first kappa shape index (κ1) is 9.75. The molecule has 2 unspecified atom stereocenters. The fourth-order valence-corrected chi connectivity index (χ4v) is 2.32. The maximum atomic E-state index is 9.89. The molecule has 1 aromatic carbocycles. The molecule has 0 aliphatic heterocycles. The van der Waals surface area contributed by atoms with E-state index in [1.807, 2.05) is 30.3 Å². The molecule has 82 valence electrons. The number of nitrogens with zero attached hydrogens (tertiary/aromatic N) is 1. The van der Waals surface area contributed by atoms with E-state index in [0.717, 1.165) is 22.2 Å². The number of fused-ring (bicyclic) bond motifs is 2. The van der Waals surface area contributed by atoms with Crippen LogP contribution in [0.2, 0.25) is 0 Å². The second-order valence-electron chi connectivity index (χ2n) is 4.33. The number of rotatable bonds is 0. The topological polar surface area (TPSA) is 53.4 Å². The van der Waals surface area contributed by atoms with Gasteiger partial charge >= 0.3 is 0 Å². The zero-order valence-corrected chi connectivity index (χ0v) is 8.80. The molecule has 0 saturated heterocycles. The number of hydrogen-bond acceptors (Lipinski definition) is 3. The molecule has 2 atom stereocenters. The van der Waals surface area contributed by atoms with Gasteiger partial charge in [-0.2, -0.15) is 0 Å². The summed E-state index contributed by atoms with van der Waals surface area (Å²) in [4.78, 5) is 4.50. The van der Waals surface area contributed by atoms with Gasteiger partial charge in [-0.3, -0.25) is 4.98 Å². The molecule has 0 spiro atoms. The largest absolute Gasteiger partial charge is 0.393 e. The number of pyridine rings is 1. The van der Waals surface area contributed by atoms with Crippen molar-refractivity contribution in [2.24, 2.45) is 0 Å². The summed E-state index contributed by atoms with van der Waals surface area (Å²) in [7, 11) is 0. The third kappa shape index (κ3) is 1.49. The average Bonchev–Trinajstić information content (AvgIpc) is 2.27. The molecular weight excluding hydrogens is 202 g/mol. The molecule has 3 nitrogen and oxygen atoms in total. The number of para-hydroxylation sites is 1. The maximum Gasteiger partial charge on any atom is 0.0832 e. The lowest BCUT2D eigenvalue weighted by atomic mass is 9.90. The fraction of sp³-hybridized carbons (Fsp3) is 0.308. The predicted molar refractivity (Wildman–Crippen MR) is 61.0 cm³/mol. The van der Waals surface area contributed by atoms with Crippen LogP contribution in [-0.4, -0.2) is 21.3 Å². The second-order valence-corrected chi connectivity index (χ2v) is 4.33. The Kier molecular flexibility index (Phi) is 2.16. The Morgan fingerprint density at radius 3 is 2.88 bits per heavy atom. The molecule has 1 heterocycles. The van der Waals surface area contributed by atoms with Gasteiger partial charge in [-0.25, -0.2) is 0 Å². The van der Waals surface area contributed by atoms with Crippen LogP contribution in [-0.2, 0) is 6.42 Å². The predicted octanol–water partition coefficient (Wildman–Crippen LogP) is 1.58. The van der Waals surface area contributed by atoms with Crippen molar-refractivity contribution >= 4 is 10.9 Å². The van der Waals surface area contributed by atoms with Crippen LogP contribution in [0.3, 0.4) is 0 Å². The van der Waals surface area contributed by atoms with Crippen molar-refractivity contribution in [2.75, 3.05) is 0 Å². The first-order chi connectivity index (χ1) is 7.74. The first-order valence-corrected chi connectivity index (χ1v) is 5.49. The summed E-state index contributed by atoms with van der Waals surface area (Å²) >= 11 is 0. The van der Waals surface area contributed by atoms with Crippen LogP contribution in [0.1, 0.15) is 23.8 Å². The molecule has 1 aliphatic rings. The summed E-state index contributed by atoms with van der Waals surface area (Å²) < 4.78 is 0. The van der Waals surface area contributed by atoms with E-state index in [0.29, 0.717) is 12.8 Å².